The van der Waals surface area contributed by atoms with Gasteiger partial charge in [-0.1, -0.05) is 24.3 Å². The Hall–Kier alpha value is -3.29. The zero-order chi connectivity index (χ0) is 24.7. The Morgan fingerprint density at radius 3 is 2.53 bits per heavy atom. The van der Waals surface area contributed by atoms with Crippen LogP contribution in [0.3, 0.4) is 0 Å². The number of guanidine groups is 1. The number of nitrogens with zero attached hydrogens (tertiary/aromatic N) is 2. The fraction of sp³-hybridized carbons (Fsp3) is 0.208. The molecule has 2 aromatic carbocycles. The summed E-state index contributed by atoms with van der Waals surface area (Å²) in [6.07, 6.45) is 0. The summed E-state index contributed by atoms with van der Waals surface area (Å²) in [4.78, 5) is 15.4. The van der Waals surface area contributed by atoms with Crippen molar-refractivity contribution in [1.29, 1.82) is 10.7 Å². The summed E-state index contributed by atoms with van der Waals surface area (Å²) in [5.74, 6) is -1.16. The SMILES string of the molecule is CN1C(=N)NC(C)(c2cc(-c3cccc(C#N)c3)cs2)[C@@H](c2ccc(SC(F)(F)F)cc2)C1=O. The number of thioether (sulfide) groups is 1. The van der Waals surface area contributed by atoms with Crippen molar-refractivity contribution in [1.82, 2.24) is 10.2 Å². The molecule has 2 N–H and O–H groups in total. The van der Waals surface area contributed by atoms with E-state index >= 15 is 0 Å². The van der Waals surface area contributed by atoms with Crippen LogP contribution in [0.25, 0.3) is 11.1 Å². The number of hydrogen-bond donors (Lipinski definition) is 2. The van der Waals surface area contributed by atoms with E-state index in [0.29, 0.717) is 11.1 Å². The molecular formula is C24H19F3N4OS2. The van der Waals surface area contributed by atoms with Gasteiger partial charge in [0, 0.05) is 16.8 Å². The molecule has 1 saturated heterocycles. The van der Waals surface area contributed by atoms with E-state index in [0.717, 1.165) is 16.0 Å². The van der Waals surface area contributed by atoms with E-state index in [2.05, 4.69) is 11.4 Å². The van der Waals surface area contributed by atoms with E-state index in [9.17, 15) is 23.2 Å². The van der Waals surface area contributed by atoms with Crippen LogP contribution in [0.4, 0.5) is 13.2 Å². The standard InChI is InChI=1S/C24H19F3N4OS2/c1-23(19-11-17(13-33-19)16-5-3-4-14(10-16)12-28)20(21(32)31(2)22(29)30-23)15-6-8-18(9-7-15)34-24(25,26)27/h3-11,13,20H,1-2H3,(H2,29,30)/t20-,23?/m0/s1. The van der Waals surface area contributed by atoms with Crippen molar-refractivity contribution in [2.75, 3.05) is 7.05 Å². The van der Waals surface area contributed by atoms with E-state index in [-0.39, 0.29) is 28.5 Å². The third kappa shape index (κ3) is 4.54. The molecule has 1 aliphatic rings. The molecule has 0 bridgehead atoms. The summed E-state index contributed by atoms with van der Waals surface area (Å²) in [5.41, 5.74) is -2.61. The lowest BCUT2D eigenvalue weighted by Gasteiger charge is -2.45. The minimum Gasteiger partial charge on any atom is -0.345 e. The first-order chi connectivity index (χ1) is 16.0. The Labute approximate surface area is 202 Å². The number of thiophene rings is 1. The largest absolute Gasteiger partial charge is 0.446 e. The molecule has 2 heterocycles. The number of benzene rings is 2. The van der Waals surface area contributed by atoms with Crippen LogP contribution in [0.15, 0.2) is 64.9 Å². The molecule has 1 fully saturated rings. The monoisotopic (exact) mass is 500 g/mol. The average molecular weight is 501 g/mol. The molecule has 1 aromatic heterocycles. The van der Waals surface area contributed by atoms with Crippen molar-refractivity contribution in [3.63, 3.8) is 0 Å². The quantitative estimate of drug-likeness (QED) is 0.438. The zero-order valence-corrected chi connectivity index (χ0v) is 19.7. The Balaban J connectivity index is 1.75. The smallest absolute Gasteiger partial charge is 0.345 e. The lowest BCUT2D eigenvalue weighted by Crippen LogP contribution is -2.62. The zero-order valence-electron chi connectivity index (χ0n) is 18.1. The fourth-order valence-corrected chi connectivity index (χ4v) is 5.63. The Kier molecular flexibility index (Phi) is 6.18. The van der Waals surface area contributed by atoms with Gasteiger partial charge in [0.1, 0.15) is 0 Å². The molecule has 1 unspecified atom stereocenters. The van der Waals surface area contributed by atoms with Gasteiger partial charge in [0.15, 0.2) is 5.96 Å². The summed E-state index contributed by atoms with van der Waals surface area (Å²) >= 11 is 1.20. The maximum absolute atomic E-state index is 13.3. The highest BCUT2D eigenvalue weighted by molar-refractivity contribution is 8.00. The Morgan fingerprint density at radius 2 is 1.88 bits per heavy atom. The first-order valence-corrected chi connectivity index (χ1v) is 11.8. The van der Waals surface area contributed by atoms with Crippen molar-refractivity contribution in [2.24, 2.45) is 0 Å². The highest BCUT2D eigenvalue weighted by Crippen LogP contribution is 2.45. The molecule has 4 rings (SSSR count). The summed E-state index contributed by atoms with van der Waals surface area (Å²) in [5, 5.41) is 22.5. The van der Waals surface area contributed by atoms with Gasteiger partial charge in [-0.3, -0.25) is 15.1 Å². The number of carbonyl (C=O) groups is 1. The van der Waals surface area contributed by atoms with Crippen molar-refractivity contribution >= 4 is 35.0 Å². The number of hydrogen-bond acceptors (Lipinski definition) is 5. The number of rotatable bonds is 4. The predicted molar refractivity (Wildman–Crippen MR) is 127 cm³/mol. The first kappa shape index (κ1) is 23.9. The van der Waals surface area contributed by atoms with Crippen LogP contribution in [0, 0.1) is 16.7 Å². The molecule has 10 heteroatoms. The van der Waals surface area contributed by atoms with E-state index < -0.39 is 17.0 Å². The maximum atomic E-state index is 13.3. The number of nitrogens with one attached hydrogen (secondary N) is 2. The molecule has 0 saturated carbocycles. The van der Waals surface area contributed by atoms with Crippen LogP contribution in [-0.2, 0) is 10.3 Å². The summed E-state index contributed by atoms with van der Waals surface area (Å²) in [6, 6.07) is 17.0. The van der Waals surface area contributed by atoms with Crippen LogP contribution in [-0.4, -0.2) is 29.3 Å². The highest BCUT2D eigenvalue weighted by Gasteiger charge is 2.49. The van der Waals surface area contributed by atoms with Crippen molar-refractivity contribution in [2.45, 2.75) is 28.8 Å². The van der Waals surface area contributed by atoms with Gasteiger partial charge in [0.2, 0.25) is 5.91 Å². The van der Waals surface area contributed by atoms with Gasteiger partial charge >= 0.3 is 5.51 Å². The molecular weight excluding hydrogens is 481 g/mol. The number of nitriles is 1. The second-order valence-corrected chi connectivity index (χ2v) is 10.1. The van der Waals surface area contributed by atoms with Crippen molar-refractivity contribution in [3.8, 4) is 17.2 Å². The van der Waals surface area contributed by atoms with Crippen LogP contribution in [0.1, 0.15) is 28.8 Å². The van der Waals surface area contributed by atoms with Crippen molar-refractivity contribution < 1.29 is 18.0 Å². The molecule has 0 radical (unpaired) electrons. The average Bonchev–Trinajstić information content (AvgIpc) is 3.29. The lowest BCUT2D eigenvalue weighted by molar-refractivity contribution is -0.131. The number of amides is 1. The van der Waals surface area contributed by atoms with Crippen LogP contribution in [0.2, 0.25) is 0 Å². The molecule has 3 aromatic rings. The molecule has 2 atom stereocenters. The topological polar surface area (TPSA) is 80.0 Å². The predicted octanol–water partition coefficient (Wildman–Crippen LogP) is 5.89. The van der Waals surface area contributed by atoms with Crippen LogP contribution >= 0.6 is 23.1 Å². The fourth-order valence-electron chi connectivity index (χ4n) is 4.02. The second kappa shape index (κ2) is 8.81. The molecule has 174 valence electrons. The van der Waals surface area contributed by atoms with Gasteiger partial charge in [-0.2, -0.15) is 18.4 Å². The Morgan fingerprint density at radius 1 is 1.18 bits per heavy atom. The maximum Gasteiger partial charge on any atom is 0.446 e. The number of carbonyl (C=O) groups excluding carboxylic acids is 1. The van der Waals surface area contributed by atoms with Crippen LogP contribution in [0.5, 0.6) is 0 Å². The number of likely N-dealkylation sites (N-methyl/N-ethyl adjacent to an activating group) is 1. The van der Waals surface area contributed by atoms with E-state index in [4.69, 9.17) is 5.41 Å². The minimum absolute atomic E-state index is 0.0334. The molecule has 5 nitrogen and oxygen atoms in total. The lowest BCUT2D eigenvalue weighted by atomic mass is 9.76. The molecule has 0 spiro atoms. The van der Waals surface area contributed by atoms with E-state index in [1.807, 2.05) is 24.4 Å². The third-order valence-corrected chi connectivity index (χ3v) is 7.66. The van der Waals surface area contributed by atoms with E-state index in [1.54, 1.807) is 18.2 Å². The first-order valence-electron chi connectivity index (χ1n) is 10.1. The van der Waals surface area contributed by atoms with Gasteiger partial charge < -0.3 is 5.32 Å². The molecule has 1 amide bonds. The van der Waals surface area contributed by atoms with Gasteiger partial charge in [-0.05, 0) is 71.1 Å². The van der Waals surface area contributed by atoms with Gasteiger partial charge in [-0.25, -0.2) is 0 Å². The molecule has 34 heavy (non-hydrogen) atoms. The van der Waals surface area contributed by atoms with Crippen molar-refractivity contribution in [3.05, 3.63) is 76.0 Å². The summed E-state index contributed by atoms with van der Waals surface area (Å²) in [6.45, 7) is 1.82. The number of alkyl halides is 3. The van der Waals surface area contributed by atoms with Crippen LogP contribution < -0.4 is 5.32 Å². The Bertz CT molecular complexity index is 1300. The summed E-state index contributed by atoms with van der Waals surface area (Å²) in [7, 11) is 1.49. The van der Waals surface area contributed by atoms with Gasteiger partial charge in [0.25, 0.3) is 0 Å². The third-order valence-electron chi connectivity index (χ3n) is 5.75. The van der Waals surface area contributed by atoms with E-state index in [1.165, 1.54) is 47.5 Å². The number of halogens is 3. The van der Waals surface area contributed by atoms with Gasteiger partial charge in [-0.15, -0.1) is 11.3 Å². The minimum atomic E-state index is -4.40. The second-order valence-electron chi connectivity index (χ2n) is 8.02. The van der Waals surface area contributed by atoms with Gasteiger partial charge in [0.05, 0.1) is 23.1 Å². The summed E-state index contributed by atoms with van der Waals surface area (Å²) < 4.78 is 38.2. The molecule has 1 aliphatic heterocycles. The molecule has 0 aliphatic carbocycles. The highest BCUT2D eigenvalue weighted by atomic mass is 32.2. The normalized spacial score (nSPS) is 20.7.